The van der Waals surface area contributed by atoms with E-state index in [1.807, 2.05) is 47.6 Å². The zero-order valence-corrected chi connectivity index (χ0v) is 15.9. The van der Waals surface area contributed by atoms with E-state index < -0.39 is 0 Å². The number of likely N-dealkylation sites (N-methyl/N-ethyl adjacent to an activating group) is 1. The lowest BCUT2D eigenvalue weighted by atomic mass is 10.1. The van der Waals surface area contributed by atoms with Gasteiger partial charge in [0.25, 0.3) is 5.91 Å². The maximum Gasteiger partial charge on any atom is 0.254 e. The van der Waals surface area contributed by atoms with E-state index in [4.69, 9.17) is 0 Å². The minimum absolute atomic E-state index is 0. The molecule has 0 aromatic heterocycles. The number of nitrogens with zero attached hydrogens (tertiary/aromatic N) is 1. The van der Waals surface area contributed by atoms with Crippen molar-refractivity contribution >= 4 is 41.8 Å². The fourth-order valence-electron chi connectivity index (χ4n) is 3.18. The summed E-state index contributed by atoms with van der Waals surface area (Å²) in [6.45, 7) is 1.78. The molecule has 1 atom stereocenters. The van der Waals surface area contributed by atoms with Crippen molar-refractivity contribution in [2.24, 2.45) is 0 Å². The molecule has 1 aromatic carbocycles. The fourth-order valence-corrected chi connectivity index (χ4v) is 6.07. The van der Waals surface area contributed by atoms with Gasteiger partial charge in [-0.2, -0.15) is 0 Å². The Hall–Kier alpha value is -0.360. The first-order chi connectivity index (χ1) is 10.8. The van der Waals surface area contributed by atoms with Gasteiger partial charge in [0.05, 0.1) is 4.58 Å². The highest BCUT2D eigenvalue weighted by Crippen LogP contribution is 2.43. The number of carbonyl (C=O) groups excluding carboxylic acids is 1. The van der Waals surface area contributed by atoms with Crippen LogP contribution in [0, 0.1) is 0 Å². The van der Waals surface area contributed by atoms with Crippen LogP contribution in [0.2, 0.25) is 0 Å². The molecule has 2 saturated heterocycles. The predicted molar refractivity (Wildman–Crippen MR) is 104 cm³/mol. The standard InChI is InChI=1S/C17H24N2OS2.ClH/c1-18-12-15-4-2-9-19(15)16(20)13-5-7-14(8-6-13)17-21-10-3-11-22-17;/h5-8,15,17-18H,2-4,9-12H2,1H3;1H. The zero-order valence-electron chi connectivity index (χ0n) is 13.5. The molecule has 0 radical (unpaired) electrons. The maximum atomic E-state index is 12.7. The van der Waals surface area contributed by atoms with Gasteiger partial charge in [0.1, 0.15) is 0 Å². The molecule has 2 heterocycles. The minimum atomic E-state index is 0. The first-order valence-corrected chi connectivity index (χ1v) is 10.2. The van der Waals surface area contributed by atoms with Crippen molar-refractivity contribution in [3.8, 4) is 0 Å². The Labute approximate surface area is 153 Å². The molecule has 3 rings (SSSR count). The molecule has 2 aliphatic rings. The predicted octanol–water partition coefficient (Wildman–Crippen LogP) is 3.80. The van der Waals surface area contributed by atoms with Gasteiger partial charge in [-0.05, 0) is 55.5 Å². The summed E-state index contributed by atoms with van der Waals surface area (Å²) in [5, 5.41) is 3.20. The molecule has 0 saturated carbocycles. The molecule has 1 N–H and O–H groups in total. The van der Waals surface area contributed by atoms with Gasteiger partial charge >= 0.3 is 0 Å². The van der Waals surface area contributed by atoms with Crippen LogP contribution in [0.3, 0.4) is 0 Å². The van der Waals surface area contributed by atoms with E-state index in [0.29, 0.717) is 10.6 Å². The zero-order chi connectivity index (χ0) is 15.4. The first kappa shape index (κ1) is 19.0. The van der Waals surface area contributed by atoms with Gasteiger partial charge in [-0.1, -0.05) is 12.1 Å². The summed E-state index contributed by atoms with van der Waals surface area (Å²) in [5.74, 6) is 2.68. The van der Waals surface area contributed by atoms with Crippen molar-refractivity contribution in [1.29, 1.82) is 0 Å². The molecule has 2 aliphatic heterocycles. The van der Waals surface area contributed by atoms with Crippen LogP contribution in [-0.2, 0) is 0 Å². The van der Waals surface area contributed by atoms with E-state index in [1.165, 1.54) is 23.5 Å². The highest BCUT2D eigenvalue weighted by Gasteiger charge is 2.28. The van der Waals surface area contributed by atoms with E-state index in [-0.39, 0.29) is 18.3 Å². The normalized spacial score (nSPS) is 22.0. The topological polar surface area (TPSA) is 32.3 Å². The summed E-state index contributed by atoms with van der Waals surface area (Å²) in [5.41, 5.74) is 2.18. The van der Waals surface area contributed by atoms with Gasteiger partial charge in [-0.15, -0.1) is 35.9 Å². The van der Waals surface area contributed by atoms with Crippen LogP contribution >= 0.6 is 35.9 Å². The number of rotatable bonds is 4. The quantitative estimate of drug-likeness (QED) is 0.871. The van der Waals surface area contributed by atoms with Crippen molar-refractivity contribution in [3.63, 3.8) is 0 Å². The molecular weight excluding hydrogens is 348 g/mol. The van der Waals surface area contributed by atoms with Gasteiger partial charge < -0.3 is 10.2 Å². The number of halogens is 1. The summed E-state index contributed by atoms with van der Waals surface area (Å²) in [6.07, 6.45) is 3.54. The second-order valence-electron chi connectivity index (χ2n) is 5.90. The Morgan fingerprint density at radius 2 is 1.91 bits per heavy atom. The molecule has 0 bridgehead atoms. The SMILES string of the molecule is CNCC1CCCN1C(=O)c1ccc(C2SCCCS2)cc1.Cl. The van der Waals surface area contributed by atoms with E-state index in [1.54, 1.807) is 0 Å². The smallest absolute Gasteiger partial charge is 0.254 e. The molecule has 2 fully saturated rings. The van der Waals surface area contributed by atoms with Crippen LogP contribution in [-0.4, -0.2) is 48.5 Å². The monoisotopic (exact) mass is 372 g/mol. The van der Waals surface area contributed by atoms with E-state index in [0.717, 1.165) is 31.5 Å². The highest BCUT2D eigenvalue weighted by molar-refractivity contribution is 8.16. The Kier molecular flexibility index (Phi) is 7.60. The average molecular weight is 373 g/mol. The summed E-state index contributed by atoms with van der Waals surface area (Å²) in [4.78, 5) is 14.7. The lowest BCUT2D eigenvalue weighted by Crippen LogP contribution is -2.40. The summed E-state index contributed by atoms with van der Waals surface area (Å²) in [6, 6.07) is 8.67. The fraction of sp³-hybridized carbons (Fsp3) is 0.588. The average Bonchev–Trinajstić information content (AvgIpc) is 3.04. The first-order valence-electron chi connectivity index (χ1n) is 8.08. The third kappa shape index (κ3) is 4.59. The number of thioether (sulfide) groups is 2. The molecule has 0 spiro atoms. The highest BCUT2D eigenvalue weighted by atomic mass is 35.5. The molecule has 1 amide bonds. The number of amides is 1. The largest absolute Gasteiger partial charge is 0.334 e. The third-order valence-corrected chi connectivity index (χ3v) is 7.35. The van der Waals surface area contributed by atoms with Crippen molar-refractivity contribution in [2.45, 2.75) is 29.9 Å². The molecule has 128 valence electrons. The van der Waals surface area contributed by atoms with Gasteiger partial charge in [-0.25, -0.2) is 0 Å². The van der Waals surface area contributed by atoms with Crippen LogP contribution in [0.1, 0.15) is 39.8 Å². The van der Waals surface area contributed by atoms with Gasteiger partial charge in [0, 0.05) is 24.7 Å². The lowest BCUT2D eigenvalue weighted by molar-refractivity contribution is 0.0737. The number of hydrogen-bond acceptors (Lipinski definition) is 4. The van der Waals surface area contributed by atoms with Gasteiger partial charge in [-0.3, -0.25) is 4.79 Å². The van der Waals surface area contributed by atoms with Crippen molar-refractivity contribution in [3.05, 3.63) is 35.4 Å². The van der Waals surface area contributed by atoms with Crippen LogP contribution in [0.5, 0.6) is 0 Å². The Morgan fingerprint density at radius 1 is 1.22 bits per heavy atom. The molecule has 0 aliphatic carbocycles. The number of likely N-dealkylation sites (tertiary alicyclic amines) is 1. The van der Waals surface area contributed by atoms with Crippen molar-refractivity contribution in [2.75, 3.05) is 31.6 Å². The molecular formula is C17H25ClN2OS2. The van der Waals surface area contributed by atoms with Crippen molar-refractivity contribution in [1.82, 2.24) is 10.2 Å². The van der Waals surface area contributed by atoms with Crippen molar-refractivity contribution < 1.29 is 4.79 Å². The Bertz CT molecular complexity index is 506. The Morgan fingerprint density at radius 3 is 2.57 bits per heavy atom. The van der Waals surface area contributed by atoms with Gasteiger partial charge in [0.15, 0.2) is 0 Å². The Balaban J connectivity index is 0.00000192. The molecule has 3 nitrogen and oxygen atoms in total. The maximum absolute atomic E-state index is 12.7. The van der Waals surface area contributed by atoms with Crippen LogP contribution in [0.4, 0.5) is 0 Å². The third-order valence-electron chi connectivity index (χ3n) is 4.33. The van der Waals surface area contributed by atoms with E-state index >= 15 is 0 Å². The van der Waals surface area contributed by atoms with Crippen LogP contribution in [0.15, 0.2) is 24.3 Å². The summed E-state index contributed by atoms with van der Waals surface area (Å²) < 4.78 is 0.543. The van der Waals surface area contributed by atoms with E-state index in [9.17, 15) is 4.79 Å². The number of benzene rings is 1. The van der Waals surface area contributed by atoms with Gasteiger partial charge in [0.2, 0.25) is 0 Å². The summed E-state index contributed by atoms with van der Waals surface area (Å²) >= 11 is 4.04. The molecule has 6 heteroatoms. The second kappa shape index (κ2) is 9.21. The van der Waals surface area contributed by atoms with Crippen LogP contribution in [0.25, 0.3) is 0 Å². The second-order valence-corrected chi connectivity index (χ2v) is 8.63. The van der Waals surface area contributed by atoms with Crippen LogP contribution < -0.4 is 5.32 Å². The molecule has 1 unspecified atom stereocenters. The molecule has 23 heavy (non-hydrogen) atoms. The summed E-state index contributed by atoms with van der Waals surface area (Å²) in [7, 11) is 1.95. The molecule has 1 aromatic rings. The lowest BCUT2D eigenvalue weighted by Gasteiger charge is -2.25. The van der Waals surface area contributed by atoms with E-state index in [2.05, 4.69) is 17.4 Å². The minimum Gasteiger partial charge on any atom is -0.334 e. The number of carbonyl (C=O) groups is 1. The number of nitrogens with one attached hydrogen (secondary N) is 1. The number of hydrogen-bond donors (Lipinski definition) is 1.